The van der Waals surface area contributed by atoms with Crippen molar-refractivity contribution in [1.29, 1.82) is 0 Å². The van der Waals surface area contributed by atoms with Crippen molar-refractivity contribution in [3.8, 4) is 12.3 Å². The van der Waals surface area contributed by atoms with Gasteiger partial charge in [-0.2, -0.15) is 0 Å². The van der Waals surface area contributed by atoms with E-state index in [-0.39, 0.29) is 18.4 Å². The van der Waals surface area contributed by atoms with Crippen LogP contribution in [0.3, 0.4) is 0 Å². The van der Waals surface area contributed by atoms with Crippen molar-refractivity contribution in [3.05, 3.63) is 0 Å². The van der Waals surface area contributed by atoms with Gasteiger partial charge in [0.05, 0.1) is 6.54 Å². The van der Waals surface area contributed by atoms with Crippen molar-refractivity contribution in [1.82, 2.24) is 10.2 Å². The lowest BCUT2D eigenvalue weighted by atomic mass is 9.89. The molecule has 1 fully saturated rings. The van der Waals surface area contributed by atoms with Crippen molar-refractivity contribution in [2.45, 2.75) is 51.5 Å². The highest BCUT2D eigenvalue weighted by molar-refractivity contribution is 5.97. The Morgan fingerprint density at radius 3 is 2.56 bits per heavy atom. The van der Waals surface area contributed by atoms with E-state index in [1.54, 1.807) is 4.90 Å². The van der Waals surface area contributed by atoms with Crippen LogP contribution in [0.4, 0.5) is 0 Å². The molecule has 1 aliphatic heterocycles. The molecule has 1 N–H and O–H groups in total. The first-order valence-corrected chi connectivity index (χ1v) is 6.63. The van der Waals surface area contributed by atoms with Gasteiger partial charge in [-0.1, -0.05) is 13.8 Å². The summed E-state index contributed by atoms with van der Waals surface area (Å²) >= 11 is 0. The van der Waals surface area contributed by atoms with E-state index in [0.29, 0.717) is 19.4 Å². The number of terminal acetylenes is 1. The summed E-state index contributed by atoms with van der Waals surface area (Å²) in [6.45, 7) is 4.67. The second-order valence-corrected chi connectivity index (χ2v) is 4.73. The molecule has 0 bridgehead atoms. The van der Waals surface area contributed by atoms with Crippen LogP contribution in [0.25, 0.3) is 0 Å². The minimum absolute atomic E-state index is 0.0489. The average molecular weight is 250 g/mol. The highest BCUT2D eigenvalue weighted by Gasteiger charge is 2.43. The van der Waals surface area contributed by atoms with E-state index in [2.05, 4.69) is 11.2 Å². The minimum atomic E-state index is -0.693. The first kappa shape index (κ1) is 14.6. The maximum atomic E-state index is 12.4. The van der Waals surface area contributed by atoms with E-state index in [1.165, 1.54) is 0 Å². The zero-order chi connectivity index (χ0) is 13.6. The third-order valence-corrected chi connectivity index (χ3v) is 3.62. The van der Waals surface area contributed by atoms with Gasteiger partial charge in [0.2, 0.25) is 11.8 Å². The standard InChI is InChI=1S/C14H22N2O2/c1-4-7-8-9-10-16-11-12(17)15-14(5-2,6-3)13(16)18/h1H,5-11H2,2-3H3,(H,15,17). The molecule has 0 aromatic rings. The number of nitrogens with one attached hydrogen (secondary N) is 1. The molecule has 1 saturated heterocycles. The fourth-order valence-electron chi connectivity index (χ4n) is 2.35. The molecular weight excluding hydrogens is 228 g/mol. The number of unbranched alkanes of at least 4 members (excludes halogenated alkanes) is 2. The molecule has 0 unspecified atom stereocenters. The molecule has 4 heteroatoms. The van der Waals surface area contributed by atoms with Crippen LogP contribution in [0.2, 0.25) is 0 Å². The highest BCUT2D eigenvalue weighted by Crippen LogP contribution is 2.22. The van der Waals surface area contributed by atoms with Crippen molar-refractivity contribution in [3.63, 3.8) is 0 Å². The first-order valence-electron chi connectivity index (χ1n) is 6.63. The Balaban J connectivity index is 2.65. The van der Waals surface area contributed by atoms with Crippen LogP contribution >= 0.6 is 0 Å². The van der Waals surface area contributed by atoms with E-state index in [4.69, 9.17) is 6.42 Å². The lowest BCUT2D eigenvalue weighted by Gasteiger charge is -2.41. The van der Waals surface area contributed by atoms with Gasteiger partial charge in [0.15, 0.2) is 0 Å². The van der Waals surface area contributed by atoms with E-state index in [9.17, 15) is 9.59 Å². The van der Waals surface area contributed by atoms with E-state index < -0.39 is 5.54 Å². The molecule has 2 amide bonds. The van der Waals surface area contributed by atoms with Gasteiger partial charge in [-0.3, -0.25) is 9.59 Å². The summed E-state index contributed by atoms with van der Waals surface area (Å²) in [6.07, 6.45) is 8.93. The van der Waals surface area contributed by atoms with E-state index >= 15 is 0 Å². The Labute approximate surface area is 109 Å². The Morgan fingerprint density at radius 2 is 2.00 bits per heavy atom. The van der Waals surface area contributed by atoms with Crippen LogP contribution in [0, 0.1) is 12.3 Å². The number of hydrogen-bond acceptors (Lipinski definition) is 2. The molecule has 1 heterocycles. The lowest BCUT2D eigenvalue weighted by Crippen LogP contribution is -2.66. The van der Waals surface area contributed by atoms with Gasteiger partial charge in [0.25, 0.3) is 0 Å². The normalized spacial score (nSPS) is 18.4. The molecule has 100 valence electrons. The number of carbonyl (C=O) groups is 2. The second-order valence-electron chi connectivity index (χ2n) is 4.73. The lowest BCUT2D eigenvalue weighted by molar-refractivity contribution is -0.150. The molecule has 0 atom stereocenters. The monoisotopic (exact) mass is 250 g/mol. The predicted molar refractivity (Wildman–Crippen MR) is 70.7 cm³/mol. The Kier molecular flexibility index (Phi) is 5.21. The molecule has 1 aliphatic rings. The third kappa shape index (κ3) is 3.04. The molecule has 0 aromatic heterocycles. The predicted octanol–water partition coefficient (Wildman–Crippen LogP) is 1.31. The van der Waals surface area contributed by atoms with Gasteiger partial charge in [0, 0.05) is 13.0 Å². The molecule has 0 saturated carbocycles. The molecule has 0 radical (unpaired) electrons. The Bertz CT molecular complexity index is 353. The fourth-order valence-corrected chi connectivity index (χ4v) is 2.35. The summed E-state index contributed by atoms with van der Waals surface area (Å²) < 4.78 is 0. The first-order chi connectivity index (χ1) is 8.59. The maximum Gasteiger partial charge on any atom is 0.248 e. The summed E-state index contributed by atoms with van der Waals surface area (Å²) in [4.78, 5) is 25.8. The average Bonchev–Trinajstić information content (AvgIpc) is 2.38. The quantitative estimate of drug-likeness (QED) is 0.571. The summed E-state index contributed by atoms with van der Waals surface area (Å²) in [7, 11) is 0. The SMILES string of the molecule is C#CCCCCN1CC(=O)NC(CC)(CC)C1=O. The number of piperazine rings is 1. The largest absolute Gasteiger partial charge is 0.340 e. The number of carbonyl (C=O) groups excluding carboxylic acids is 2. The smallest absolute Gasteiger partial charge is 0.248 e. The Hall–Kier alpha value is -1.50. The molecule has 0 spiro atoms. The second kappa shape index (κ2) is 6.44. The maximum absolute atomic E-state index is 12.4. The fraction of sp³-hybridized carbons (Fsp3) is 0.714. The van der Waals surface area contributed by atoms with E-state index in [0.717, 1.165) is 19.3 Å². The van der Waals surface area contributed by atoms with Crippen LogP contribution in [-0.2, 0) is 9.59 Å². The van der Waals surface area contributed by atoms with Gasteiger partial charge < -0.3 is 10.2 Å². The van der Waals surface area contributed by atoms with Gasteiger partial charge in [-0.25, -0.2) is 0 Å². The zero-order valence-electron chi connectivity index (χ0n) is 11.3. The summed E-state index contributed by atoms with van der Waals surface area (Å²) in [5.41, 5.74) is -0.693. The number of rotatable bonds is 6. The van der Waals surface area contributed by atoms with Gasteiger partial charge in [-0.05, 0) is 25.7 Å². The molecule has 18 heavy (non-hydrogen) atoms. The van der Waals surface area contributed by atoms with Crippen LogP contribution in [0.1, 0.15) is 46.0 Å². The molecule has 1 rings (SSSR count). The number of nitrogens with zero attached hydrogens (tertiary/aromatic N) is 1. The van der Waals surface area contributed by atoms with Crippen molar-refractivity contribution < 1.29 is 9.59 Å². The number of hydrogen-bond donors (Lipinski definition) is 1. The van der Waals surface area contributed by atoms with E-state index in [1.807, 2.05) is 13.8 Å². The summed E-state index contributed by atoms with van der Waals surface area (Å²) in [5.74, 6) is 2.57. The van der Waals surface area contributed by atoms with Crippen LogP contribution in [0.5, 0.6) is 0 Å². The van der Waals surface area contributed by atoms with Gasteiger partial charge >= 0.3 is 0 Å². The number of amides is 2. The van der Waals surface area contributed by atoms with Gasteiger partial charge in [-0.15, -0.1) is 12.3 Å². The summed E-state index contributed by atoms with van der Waals surface area (Å²) in [6, 6.07) is 0. The van der Waals surface area contributed by atoms with Crippen molar-refractivity contribution in [2.75, 3.05) is 13.1 Å². The third-order valence-electron chi connectivity index (χ3n) is 3.62. The molecule has 4 nitrogen and oxygen atoms in total. The van der Waals surface area contributed by atoms with Crippen LogP contribution in [0.15, 0.2) is 0 Å². The van der Waals surface area contributed by atoms with Crippen molar-refractivity contribution in [2.24, 2.45) is 0 Å². The summed E-state index contributed by atoms with van der Waals surface area (Å²) in [5, 5.41) is 2.85. The molecule has 0 aliphatic carbocycles. The topological polar surface area (TPSA) is 49.4 Å². The Morgan fingerprint density at radius 1 is 1.33 bits per heavy atom. The highest BCUT2D eigenvalue weighted by atomic mass is 16.2. The minimum Gasteiger partial charge on any atom is -0.340 e. The molecular formula is C14H22N2O2. The van der Waals surface area contributed by atoms with Crippen LogP contribution < -0.4 is 5.32 Å². The zero-order valence-corrected chi connectivity index (χ0v) is 11.3. The van der Waals surface area contributed by atoms with Crippen molar-refractivity contribution >= 4 is 11.8 Å². The molecule has 0 aromatic carbocycles. The van der Waals surface area contributed by atoms with Gasteiger partial charge in [0.1, 0.15) is 5.54 Å². The van der Waals surface area contributed by atoms with Crippen LogP contribution in [-0.4, -0.2) is 35.3 Å².